The van der Waals surface area contributed by atoms with E-state index in [0.717, 1.165) is 37.9 Å². The average Bonchev–Trinajstić information content (AvgIpc) is 3.29. The summed E-state index contributed by atoms with van der Waals surface area (Å²) in [4.78, 5) is 17.9. The molecule has 0 radical (unpaired) electrons. The number of hydrogen-bond acceptors (Lipinski definition) is 4. The molecule has 0 unspecified atom stereocenters. The Bertz CT molecular complexity index is 1450. The number of oxazole rings is 1. The predicted octanol–water partition coefficient (Wildman–Crippen LogP) is 7.89. The number of halogens is 2. The molecule has 0 saturated heterocycles. The van der Waals surface area contributed by atoms with Gasteiger partial charge in [0.2, 0.25) is 5.89 Å². The number of hydrogen-bond donors (Lipinski definition) is 1. The van der Waals surface area contributed by atoms with Crippen molar-refractivity contribution >= 4 is 67.3 Å². The second kappa shape index (κ2) is 7.68. The molecule has 0 aliphatic carbocycles. The van der Waals surface area contributed by atoms with Gasteiger partial charge in [-0.25, -0.2) is 4.98 Å². The van der Waals surface area contributed by atoms with E-state index in [-0.39, 0.29) is 5.91 Å². The summed E-state index contributed by atoms with van der Waals surface area (Å²) in [5.41, 5.74) is 5.27. The van der Waals surface area contributed by atoms with E-state index in [2.05, 4.69) is 10.3 Å². The quantitative estimate of drug-likeness (QED) is 0.294. The number of fused-ring (bicyclic) bond motifs is 2. The van der Waals surface area contributed by atoms with Crippen LogP contribution >= 0.6 is 34.5 Å². The zero-order valence-corrected chi connectivity index (χ0v) is 19.0. The number of carbonyl (C=O) groups excluding carboxylic acids is 1. The lowest BCUT2D eigenvalue weighted by Gasteiger charge is -2.05. The number of thiophene rings is 1. The van der Waals surface area contributed by atoms with Crippen molar-refractivity contribution in [1.82, 2.24) is 4.98 Å². The normalized spacial score (nSPS) is 11.4. The van der Waals surface area contributed by atoms with Gasteiger partial charge in [-0.05, 0) is 67.4 Å². The number of amides is 1. The van der Waals surface area contributed by atoms with Gasteiger partial charge in [-0.1, -0.05) is 35.3 Å². The van der Waals surface area contributed by atoms with Crippen LogP contribution in [0.25, 0.3) is 32.6 Å². The molecule has 0 bridgehead atoms. The minimum Gasteiger partial charge on any atom is -0.436 e. The summed E-state index contributed by atoms with van der Waals surface area (Å²) in [6.07, 6.45) is 0. The third-order valence-corrected chi connectivity index (χ3v) is 7.06. The summed E-state index contributed by atoms with van der Waals surface area (Å²) in [6.45, 7) is 4.09. The van der Waals surface area contributed by atoms with Crippen LogP contribution in [0.5, 0.6) is 0 Å². The first kappa shape index (κ1) is 20.1. The molecular formula is C24H16Cl2N2O2S. The van der Waals surface area contributed by atoms with Crippen molar-refractivity contribution in [2.24, 2.45) is 0 Å². The molecule has 154 valence electrons. The molecule has 4 nitrogen and oxygen atoms in total. The number of carbonyl (C=O) groups is 1. The highest BCUT2D eigenvalue weighted by molar-refractivity contribution is 7.21. The standard InChI is InChI=1S/C24H16Cl2N2O2S/c1-12-8-18-19(9-13(12)2)30-24(28-18)14-4-3-5-16(10-14)27-23(29)22-21(26)17-7-6-15(25)11-20(17)31-22/h3-11H,1-2H3,(H,27,29). The Morgan fingerprint density at radius 1 is 1.03 bits per heavy atom. The molecule has 0 spiro atoms. The Balaban J connectivity index is 1.46. The summed E-state index contributed by atoms with van der Waals surface area (Å²) < 4.78 is 6.82. The molecule has 0 aliphatic rings. The van der Waals surface area contributed by atoms with E-state index in [1.54, 1.807) is 6.07 Å². The van der Waals surface area contributed by atoms with Gasteiger partial charge in [0.05, 0.1) is 5.02 Å². The summed E-state index contributed by atoms with van der Waals surface area (Å²) in [7, 11) is 0. The second-order valence-electron chi connectivity index (χ2n) is 7.34. The molecule has 31 heavy (non-hydrogen) atoms. The van der Waals surface area contributed by atoms with Crippen molar-refractivity contribution in [2.75, 3.05) is 5.32 Å². The van der Waals surface area contributed by atoms with Crippen LogP contribution in [0.4, 0.5) is 5.69 Å². The molecule has 1 amide bonds. The molecule has 5 rings (SSSR count). The summed E-state index contributed by atoms with van der Waals surface area (Å²) >= 11 is 13.8. The maximum Gasteiger partial charge on any atom is 0.267 e. The van der Waals surface area contributed by atoms with Gasteiger partial charge in [0, 0.05) is 26.4 Å². The van der Waals surface area contributed by atoms with E-state index in [4.69, 9.17) is 27.6 Å². The monoisotopic (exact) mass is 466 g/mol. The van der Waals surface area contributed by atoms with Crippen LogP contribution in [0.1, 0.15) is 20.8 Å². The van der Waals surface area contributed by atoms with Crippen LogP contribution in [0.15, 0.2) is 59.0 Å². The van der Waals surface area contributed by atoms with Crippen LogP contribution < -0.4 is 5.32 Å². The van der Waals surface area contributed by atoms with Gasteiger partial charge in [-0.3, -0.25) is 4.79 Å². The first-order chi connectivity index (χ1) is 14.9. The van der Waals surface area contributed by atoms with Gasteiger partial charge < -0.3 is 9.73 Å². The molecule has 0 aliphatic heterocycles. The fourth-order valence-corrected chi connectivity index (χ4v) is 5.09. The zero-order valence-electron chi connectivity index (χ0n) is 16.6. The summed E-state index contributed by atoms with van der Waals surface area (Å²) in [5.74, 6) is 0.230. The number of nitrogens with one attached hydrogen (secondary N) is 1. The smallest absolute Gasteiger partial charge is 0.267 e. The largest absolute Gasteiger partial charge is 0.436 e. The lowest BCUT2D eigenvalue weighted by Crippen LogP contribution is -2.10. The maximum absolute atomic E-state index is 12.9. The Morgan fingerprint density at radius 2 is 1.84 bits per heavy atom. The first-order valence-corrected chi connectivity index (χ1v) is 11.1. The molecule has 5 aromatic rings. The first-order valence-electron chi connectivity index (χ1n) is 9.56. The van der Waals surface area contributed by atoms with Crippen molar-refractivity contribution < 1.29 is 9.21 Å². The molecule has 1 N–H and O–H groups in total. The predicted molar refractivity (Wildman–Crippen MR) is 129 cm³/mol. The third kappa shape index (κ3) is 3.69. The van der Waals surface area contributed by atoms with Crippen molar-refractivity contribution in [3.05, 3.63) is 80.6 Å². The number of rotatable bonds is 3. The lowest BCUT2D eigenvalue weighted by molar-refractivity contribution is 0.103. The lowest BCUT2D eigenvalue weighted by atomic mass is 10.1. The molecule has 3 aromatic carbocycles. The van der Waals surface area contributed by atoms with Gasteiger partial charge in [-0.2, -0.15) is 0 Å². The zero-order chi connectivity index (χ0) is 21.7. The van der Waals surface area contributed by atoms with Crippen molar-refractivity contribution in [3.63, 3.8) is 0 Å². The van der Waals surface area contributed by atoms with E-state index in [1.165, 1.54) is 11.3 Å². The molecule has 2 aromatic heterocycles. The topological polar surface area (TPSA) is 55.1 Å². The minimum absolute atomic E-state index is 0.275. The number of benzene rings is 3. The van der Waals surface area contributed by atoms with Gasteiger partial charge in [0.25, 0.3) is 5.91 Å². The van der Waals surface area contributed by atoms with Gasteiger partial charge in [0.15, 0.2) is 5.58 Å². The SMILES string of the molecule is Cc1cc2nc(-c3cccc(NC(=O)c4sc5cc(Cl)ccc5c4Cl)c3)oc2cc1C. The van der Waals surface area contributed by atoms with E-state index in [9.17, 15) is 4.79 Å². The average molecular weight is 467 g/mol. The van der Waals surface area contributed by atoms with Gasteiger partial charge >= 0.3 is 0 Å². The Kier molecular flexibility index (Phi) is 4.97. The highest BCUT2D eigenvalue weighted by Crippen LogP contribution is 2.37. The number of nitrogens with zero attached hydrogens (tertiary/aromatic N) is 1. The van der Waals surface area contributed by atoms with Crippen LogP contribution in [0.3, 0.4) is 0 Å². The molecule has 0 fully saturated rings. The summed E-state index contributed by atoms with van der Waals surface area (Å²) in [5, 5.41) is 4.76. The maximum atomic E-state index is 12.9. The van der Waals surface area contributed by atoms with E-state index >= 15 is 0 Å². The van der Waals surface area contributed by atoms with E-state index in [1.807, 2.05) is 62.4 Å². The Morgan fingerprint density at radius 3 is 2.68 bits per heavy atom. The highest BCUT2D eigenvalue weighted by atomic mass is 35.5. The molecular weight excluding hydrogens is 451 g/mol. The van der Waals surface area contributed by atoms with Crippen LogP contribution in [-0.4, -0.2) is 10.9 Å². The van der Waals surface area contributed by atoms with Crippen LogP contribution in [0.2, 0.25) is 10.0 Å². The molecule has 0 atom stereocenters. The minimum atomic E-state index is -0.275. The third-order valence-electron chi connectivity index (χ3n) is 5.17. The van der Waals surface area contributed by atoms with E-state index < -0.39 is 0 Å². The van der Waals surface area contributed by atoms with Crippen molar-refractivity contribution in [2.45, 2.75) is 13.8 Å². The fourth-order valence-electron chi connectivity index (χ4n) is 3.41. The molecule has 0 saturated carbocycles. The number of aromatic nitrogens is 1. The van der Waals surface area contributed by atoms with Gasteiger partial charge in [-0.15, -0.1) is 11.3 Å². The second-order valence-corrected chi connectivity index (χ2v) is 9.21. The van der Waals surface area contributed by atoms with Crippen molar-refractivity contribution in [1.29, 1.82) is 0 Å². The van der Waals surface area contributed by atoms with Crippen LogP contribution in [-0.2, 0) is 0 Å². The van der Waals surface area contributed by atoms with Gasteiger partial charge in [0.1, 0.15) is 10.4 Å². The van der Waals surface area contributed by atoms with E-state index in [0.29, 0.717) is 26.5 Å². The highest BCUT2D eigenvalue weighted by Gasteiger charge is 2.18. The molecule has 7 heteroatoms. The molecule has 2 heterocycles. The van der Waals surface area contributed by atoms with Crippen molar-refractivity contribution in [3.8, 4) is 11.5 Å². The summed E-state index contributed by atoms with van der Waals surface area (Å²) in [6, 6.07) is 16.8. The Hall–Kier alpha value is -2.86. The Labute approximate surface area is 192 Å². The number of aryl methyl sites for hydroxylation is 2. The fraction of sp³-hybridized carbons (Fsp3) is 0.0833. The van der Waals surface area contributed by atoms with Crippen LogP contribution in [0, 0.1) is 13.8 Å². The number of anilines is 1.